The molecular formula is C15H28N2O2. The highest BCUT2D eigenvalue weighted by Gasteiger charge is 2.21. The number of rotatable bonds is 7. The summed E-state index contributed by atoms with van der Waals surface area (Å²) < 4.78 is 5.32. The van der Waals surface area contributed by atoms with Crippen LogP contribution in [-0.4, -0.2) is 54.7 Å². The van der Waals surface area contributed by atoms with Gasteiger partial charge in [0.15, 0.2) is 0 Å². The number of nitrogens with zero attached hydrogens (tertiary/aromatic N) is 2. The Bertz CT molecular complexity index is 286. The lowest BCUT2D eigenvalue weighted by Crippen LogP contribution is -2.43. The van der Waals surface area contributed by atoms with E-state index in [-0.39, 0.29) is 12.1 Å². The molecule has 1 rings (SSSR count). The number of ether oxygens (including phenoxy) is 1. The van der Waals surface area contributed by atoms with Crippen molar-refractivity contribution in [2.75, 3.05) is 32.8 Å². The molecule has 1 aliphatic heterocycles. The molecule has 4 heteroatoms. The fraction of sp³-hybridized carbons (Fsp3) is 0.800. The van der Waals surface area contributed by atoms with Crippen molar-refractivity contribution in [3.63, 3.8) is 0 Å². The molecule has 1 unspecified atom stereocenters. The standard InChI is InChI=1S/C15H28N2O2/c1-5-14(4)17(15(18)19-12-13(2)3)11-10-16-8-6-7-9-16/h5,13-14H,1,6-12H2,2-4H3. The van der Waals surface area contributed by atoms with E-state index in [2.05, 4.69) is 11.5 Å². The van der Waals surface area contributed by atoms with E-state index in [9.17, 15) is 4.79 Å². The molecular weight excluding hydrogens is 240 g/mol. The van der Waals surface area contributed by atoms with E-state index in [0.717, 1.165) is 19.6 Å². The van der Waals surface area contributed by atoms with Crippen LogP contribution in [0.5, 0.6) is 0 Å². The first-order valence-corrected chi connectivity index (χ1v) is 7.33. The van der Waals surface area contributed by atoms with Gasteiger partial charge in [-0.3, -0.25) is 0 Å². The molecule has 19 heavy (non-hydrogen) atoms. The lowest BCUT2D eigenvalue weighted by atomic mass is 10.2. The van der Waals surface area contributed by atoms with E-state index in [4.69, 9.17) is 4.74 Å². The zero-order valence-corrected chi connectivity index (χ0v) is 12.6. The molecule has 0 aromatic heterocycles. The van der Waals surface area contributed by atoms with Gasteiger partial charge in [-0.15, -0.1) is 6.58 Å². The van der Waals surface area contributed by atoms with Crippen LogP contribution in [0.25, 0.3) is 0 Å². The van der Waals surface area contributed by atoms with Crippen molar-refractivity contribution in [1.82, 2.24) is 9.80 Å². The lowest BCUT2D eigenvalue weighted by molar-refractivity contribution is 0.0823. The van der Waals surface area contributed by atoms with Crippen LogP contribution in [0.2, 0.25) is 0 Å². The zero-order chi connectivity index (χ0) is 14.3. The molecule has 0 N–H and O–H groups in total. The smallest absolute Gasteiger partial charge is 0.410 e. The van der Waals surface area contributed by atoms with Gasteiger partial charge >= 0.3 is 6.09 Å². The third kappa shape index (κ3) is 5.64. The van der Waals surface area contributed by atoms with Crippen LogP contribution in [-0.2, 0) is 4.74 Å². The Labute approximate surface area is 117 Å². The number of amides is 1. The normalized spacial score (nSPS) is 17.5. The monoisotopic (exact) mass is 268 g/mol. The second-order valence-electron chi connectivity index (χ2n) is 5.69. The number of hydrogen-bond donors (Lipinski definition) is 0. The molecule has 1 saturated heterocycles. The van der Waals surface area contributed by atoms with Crippen molar-refractivity contribution in [1.29, 1.82) is 0 Å². The molecule has 1 amide bonds. The summed E-state index contributed by atoms with van der Waals surface area (Å²) in [6.07, 6.45) is 4.12. The van der Waals surface area contributed by atoms with E-state index in [1.165, 1.54) is 12.8 Å². The van der Waals surface area contributed by atoms with Gasteiger partial charge in [-0.05, 0) is 38.8 Å². The highest BCUT2D eigenvalue weighted by Crippen LogP contribution is 2.09. The summed E-state index contributed by atoms with van der Waals surface area (Å²) in [5.41, 5.74) is 0. The topological polar surface area (TPSA) is 32.8 Å². The van der Waals surface area contributed by atoms with Crippen molar-refractivity contribution >= 4 is 6.09 Å². The van der Waals surface area contributed by atoms with Crippen LogP contribution in [0.15, 0.2) is 12.7 Å². The average molecular weight is 268 g/mol. The van der Waals surface area contributed by atoms with Gasteiger partial charge in [-0.2, -0.15) is 0 Å². The highest BCUT2D eigenvalue weighted by molar-refractivity contribution is 5.68. The number of hydrogen-bond acceptors (Lipinski definition) is 3. The van der Waals surface area contributed by atoms with Gasteiger partial charge in [-0.1, -0.05) is 19.9 Å². The molecule has 0 spiro atoms. The zero-order valence-electron chi connectivity index (χ0n) is 12.6. The molecule has 0 aromatic rings. The van der Waals surface area contributed by atoms with Gasteiger partial charge in [0.2, 0.25) is 0 Å². The van der Waals surface area contributed by atoms with Crippen molar-refractivity contribution < 1.29 is 9.53 Å². The van der Waals surface area contributed by atoms with Crippen LogP contribution in [0.4, 0.5) is 4.79 Å². The largest absolute Gasteiger partial charge is 0.449 e. The molecule has 0 aliphatic carbocycles. The SMILES string of the molecule is C=CC(C)N(CCN1CCCC1)C(=O)OCC(C)C. The number of carbonyl (C=O) groups is 1. The third-order valence-corrected chi connectivity index (χ3v) is 3.46. The molecule has 1 atom stereocenters. The average Bonchev–Trinajstić information content (AvgIpc) is 2.89. The molecule has 1 aliphatic rings. The quantitative estimate of drug-likeness (QED) is 0.666. The number of carbonyl (C=O) groups excluding carboxylic acids is 1. The first kappa shape index (κ1) is 16.0. The fourth-order valence-electron chi connectivity index (χ4n) is 2.16. The molecule has 0 radical (unpaired) electrons. The summed E-state index contributed by atoms with van der Waals surface area (Å²) in [7, 11) is 0. The molecule has 1 heterocycles. The summed E-state index contributed by atoms with van der Waals surface area (Å²) in [5, 5.41) is 0. The van der Waals surface area contributed by atoms with Crippen LogP contribution in [0.1, 0.15) is 33.6 Å². The van der Waals surface area contributed by atoms with Crippen LogP contribution >= 0.6 is 0 Å². The van der Waals surface area contributed by atoms with E-state index in [1.54, 1.807) is 11.0 Å². The van der Waals surface area contributed by atoms with Crippen LogP contribution in [0.3, 0.4) is 0 Å². The van der Waals surface area contributed by atoms with Crippen LogP contribution in [0, 0.1) is 5.92 Å². The molecule has 110 valence electrons. The molecule has 0 bridgehead atoms. The predicted octanol–water partition coefficient (Wildman–Crippen LogP) is 2.75. The van der Waals surface area contributed by atoms with E-state index in [0.29, 0.717) is 19.1 Å². The van der Waals surface area contributed by atoms with E-state index >= 15 is 0 Å². The van der Waals surface area contributed by atoms with Gasteiger partial charge in [0.05, 0.1) is 12.6 Å². The van der Waals surface area contributed by atoms with Gasteiger partial charge in [-0.25, -0.2) is 4.79 Å². The van der Waals surface area contributed by atoms with Crippen molar-refractivity contribution in [3.05, 3.63) is 12.7 Å². The fourth-order valence-corrected chi connectivity index (χ4v) is 2.16. The van der Waals surface area contributed by atoms with Crippen molar-refractivity contribution in [2.24, 2.45) is 5.92 Å². The minimum atomic E-state index is -0.222. The van der Waals surface area contributed by atoms with Gasteiger partial charge in [0.25, 0.3) is 0 Å². The van der Waals surface area contributed by atoms with Crippen molar-refractivity contribution in [3.8, 4) is 0 Å². The Morgan fingerprint density at radius 1 is 1.37 bits per heavy atom. The highest BCUT2D eigenvalue weighted by atomic mass is 16.6. The molecule has 0 aromatic carbocycles. The maximum absolute atomic E-state index is 12.1. The van der Waals surface area contributed by atoms with Crippen molar-refractivity contribution in [2.45, 2.75) is 39.7 Å². The first-order valence-electron chi connectivity index (χ1n) is 7.33. The van der Waals surface area contributed by atoms with Gasteiger partial charge in [0.1, 0.15) is 0 Å². The minimum Gasteiger partial charge on any atom is -0.449 e. The van der Waals surface area contributed by atoms with Gasteiger partial charge < -0.3 is 14.5 Å². The second kappa shape index (κ2) is 8.20. The summed E-state index contributed by atoms with van der Waals surface area (Å²) in [6, 6.07) is 0.0160. The lowest BCUT2D eigenvalue weighted by Gasteiger charge is -2.28. The van der Waals surface area contributed by atoms with E-state index < -0.39 is 0 Å². The molecule has 0 saturated carbocycles. The molecule has 4 nitrogen and oxygen atoms in total. The minimum absolute atomic E-state index is 0.0160. The predicted molar refractivity (Wildman–Crippen MR) is 78.2 cm³/mol. The Hall–Kier alpha value is -1.03. The summed E-state index contributed by atoms with van der Waals surface area (Å²) in [4.78, 5) is 16.3. The maximum Gasteiger partial charge on any atom is 0.410 e. The Morgan fingerprint density at radius 3 is 2.53 bits per heavy atom. The number of likely N-dealkylation sites (tertiary alicyclic amines) is 1. The van der Waals surface area contributed by atoms with E-state index in [1.807, 2.05) is 20.8 Å². The van der Waals surface area contributed by atoms with Crippen LogP contribution < -0.4 is 0 Å². The summed E-state index contributed by atoms with van der Waals surface area (Å²) >= 11 is 0. The Kier molecular flexibility index (Phi) is 6.92. The van der Waals surface area contributed by atoms with Gasteiger partial charge in [0, 0.05) is 13.1 Å². The Morgan fingerprint density at radius 2 is 2.00 bits per heavy atom. The second-order valence-corrected chi connectivity index (χ2v) is 5.69. The maximum atomic E-state index is 12.1. The first-order chi connectivity index (χ1) is 9.04. The summed E-state index contributed by atoms with van der Waals surface area (Å²) in [6.45, 7) is 14.2. The molecule has 1 fully saturated rings. The Balaban J connectivity index is 2.45. The third-order valence-electron chi connectivity index (χ3n) is 3.46. The summed E-state index contributed by atoms with van der Waals surface area (Å²) in [5.74, 6) is 0.364.